The number of nitrogens with one attached hydrogen (secondary N) is 2. The quantitative estimate of drug-likeness (QED) is 0.562. The fourth-order valence-corrected chi connectivity index (χ4v) is 1.55. The second kappa shape index (κ2) is 4.31. The zero-order chi connectivity index (χ0) is 11.5. The molecule has 1 aromatic heterocycles. The van der Waals surface area contributed by atoms with Crippen molar-refractivity contribution in [2.45, 2.75) is 19.0 Å². The van der Waals surface area contributed by atoms with Gasteiger partial charge < -0.3 is 15.1 Å². The third-order valence-corrected chi connectivity index (χ3v) is 2.37. The summed E-state index contributed by atoms with van der Waals surface area (Å²) in [6.45, 7) is 0.967. The lowest BCUT2D eigenvalue weighted by Gasteiger charge is -2.07. The molecule has 0 aromatic carbocycles. The van der Waals surface area contributed by atoms with Gasteiger partial charge in [-0.1, -0.05) is 0 Å². The number of nitro groups is 1. The first-order chi connectivity index (χ1) is 7.65. The first-order valence-corrected chi connectivity index (χ1v) is 4.88. The van der Waals surface area contributed by atoms with E-state index in [4.69, 9.17) is 4.42 Å². The van der Waals surface area contributed by atoms with Crippen LogP contribution < -0.4 is 10.6 Å². The molecule has 1 aromatic rings. The van der Waals surface area contributed by atoms with Gasteiger partial charge in [-0.3, -0.25) is 14.9 Å². The van der Waals surface area contributed by atoms with Gasteiger partial charge >= 0.3 is 5.88 Å². The van der Waals surface area contributed by atoms with Gasteiger partial charge in [-0.2, -0.15) is 0 Å². The molecule has 1 aliphatic rings. The zero-order valence-corrected chi connectivity index (χ0v) is 8.43. The lowest BCUT2D eigenvalue weighted by atomic mass is 10.2. The van der Waals surface area contributed by atoms with Gasteiger partial charge in [-0.15, -0.1) is 0 Å². The average Bonchev–Trinajstić information content (AvgIpc) is 2.83. The topological polar surface area (TPSA) is 97.4 Å². The van der Waals surface area contributed by atoms with Crippen molar-refractivity contribution in [2.75, 3.05) is 6.54 Å². The molecule has 1 saturated heterocycles. The number of amides is 1. The van der Waals surface area contributed by atoms with Crippen molar-refractivity contribution >= 4 is 11.8 Å². The van der Waals surface area contributed by atoms with E-state index in [0.29, 0.717) is 25.3 Å². The van der Waals surface area contributed by atoms with Gasteiger partial charge in [0.2, 0.25) is 5.91 Å². The van der Waals surface area contributed by atoms with Gasteiger partial charge in [0.15, 0.2) is 0 Å². The van der Waals surface area contributed by atoms with Crippen molar-refractivity contribution in [1.82, 2.24) is 10.6 Å². The van der Waals surface area contributed by atoms with E-state index in [1.165, 1.54) is 6.07 Å². The molecule has 16 heavy (non-hydrogen) atoms. The van der Waals surface area contributed by atoms with Crippen LogP contribution in [0.25, 0.3) is 0 Å². The van der Waals surface area contributed by atoms with E-state index in [2.05, 4.69) is 10.6 Å². The molecule has 1 amide bonds. The Hall–Kier alpha value is -1.89. The molecule has 0 radical (unpaired) electrons. The van der Waals surface area contributed by atoms with E-state index in [-0.39, 0.29) is 17.8 Å². The summed E-state index contributed by atoms with van der Waals surface area (Å²) < 4.78 is 4.96. The standard InChI is InChI=1S/C9H11N3O4/c13-8-3-6(4-11-8)10-5-7-1-2-9(16-7)12(14)15/h1-2,6,10H,3-5H2,(H,11,13). The van der Waals surface area contributed by atoms with Crippen molar-refractivity contribution in [1.29, 1.82) is 0 Å². The Labute approximate surface area is 91.0 Å². The number of furan rings is 1. The van der Waals surface area contributed by atoms with Crippen molar-refractivity contribution in [2.24, 2.45) is 0 Å². The Bertz CT molecular complexity index is 415. The molecule has 1 aliphatic heterocycles. The first kappa shape index (κ1) is 10.6. The minimum Gasteiger partial charge on any atom is -0.404 e. The molecule has 2 rings (SSSR count). The van der Waals surface area contributed by atoms with Crippen LogP contribution in [0.3, 0.4) is 0 Å². The molecular weight excluding hydrogens is 214 g/mol. The van der Waals surface area contributed by atoms with Crippen molar-refractivity contribution in [3.63, 3.8) is 0 Å². The van der Waals surface area contributed by atoms with Crippen LogP contribution in [0, 0.1) is 10.1 Å². The third kappa shape index (κ3) is 2.37. The van der Waals surface area contributed by atoms with E-state index in [0.717, 1.165) is 0 Å². The predicted octanol–water partition coefficient (Wildman–Crippen LogP) is 0.166. The van der Waals surface area contributed by atoms with E-state index >= 15 is 0 Å². The Kier molecular flexibility index (Phi) is 2.86. The lowest BCUT2D eigenvalue weighted by Crippen LogP contribution is -2.30. The fourth-order valence-electron chi connectivity index (χ4n) is 1.55. The number of rotatable bonds is 4. The van der Waals surface area contributed by atoms with Crippen molar-refractivity contribution in [3.8, 4) is 0 Å². The maximum Gasteiger partial charge on any atom is 0.433 e. The molecule has 86 valence electrons. The molecule has 1 fully saturated rings. The van der Waals surface area contributed by atoms with E-state index in [9.17, 15) is 14.9 Å². The highest BCUT2D eigenvalue weighted by Gasteiger charge is 2.21. The minimum absolute atomic E-state index is 0.0166. The van der Waals surface area contributed by atoms with E-state index in [1.807, 2.05) is 0 Å². The third-order valence-electron chi connectivity index (χ3n) is 2.37. The number of hydrogen-bond donors (Lipinski definition) is 2. The second-order valence-corrected chi connectivity index (χ2v) is 3.58. The minimum atomic E-state index is -0.579. The SMILES string of the molecule is O=C1CC(NCc2ccc([N+](=O)[O-])o2)CN1. The summed E-state index contributed by atoms with van der Waals surface area (Å²) >= 11 is 0. The molecule has 0 bridgehead atoms. The van der Waals surface area contributed by atoms with Crippen LogP contribution in [-0.2, 0) is 11.3 Å². The molecule has 2 heterocycles. The van der Waals surface area contributed by atoms with Gasteiger partial charge in [0.25, 0.3) is 0 Å². The average molecular weight is 225 g/mol. The highest BCUT2D eigenvalue weighted by atomic mass is 16.6. The molecular formula is C9H11N3O4. The molecule has 1 unspecified atom stereocenters. The Morgan fingerprint density at radius 1 is 1.62 bits per heavy atom. The van der Waals surface area contributed by atoms with Crippen LogP contribution in [0.1, 0.15) is 12.2 Å². The van der Waals surface area contributed by atoms with Gasteiger partial charge in [0.1, 0.15) is 10.7 Å². The summed E-state index contributed by atoms with van der Waals surface area (Å²) in [7, 11) is 0. The second-order valence-electron chi connectivity index (χ2n) is 3.58. The summed E-state index contributed by atoms with van der Waals surface area (Å²) in [6.07, 6.45) is 0.433. The van der Waals surface area contributed by atoms with Crippen LogP contribution in [0.5, 0.6) is 0 Å². The molecule has 0 aliphatic carbocycles. The summed E-state index contributed by atoms with van der Waals surface area (Å²) in [6, 6.07) is 2.93. The Morgan fingerprint density at radius 3 is 3.00 bits per heavy atom. The molecule has 2 N–H and O–H groups in total. The van der Waals surface area contributed by atoms with Crippen LogP contribution in [-0.4, -0.2) is 23.4 Å². The fraction of sp³-hybridized carbons (Fsp3) is 0.444. The van der Waals surface area contributed by atoms with E-state index < -0.39 is 4.92 Å². The molecule has 1 atom stereocenters. The summed E-state index contributed by atoms with van der Waals surface area (Å²) in [4.78, 5) is 20.7. The van der Waals surface area contributed by atoms with Crippen LogP contribution in [0.2, 0.25) is 0 Å². The normalized spacial score (nSPS) is 19.8. The monoisotopic (exact) mass is 225 g/mol. The highest BCUT2D eigenvalue weighted by molar-refractivity contribution is 5.78. The predicted molar refractivity (Wildman–Crippen MR) is 53.6 cm³/mol. The first-order valence-electron chi connectivity index (χ1n) is 4.88. The number of carbonyl (C=O) groups is 1. The molecule has 0 spiro atoms. The lowest BCUT2D eigenvalue weighted by molar-refractivity contribution is -0.402. The Balaban J connectivity index is 1.85. The van der Waals surface area contributed by atoms with Gasteiger partial charge in [0, 0.05) is 19.0 Å². The van der Waals surface area contributed by atoms with Crippen LogP contribution >= 0.6 is 0 Å². The van der Waals surface area contributed by atoms with Gasteiger partial charge in [-0.25, -0.2) is 0 Å². The van der Waals surface area contributed by atoms with Crippen LogP contribution in [0.15, 0.2) is 16.5 Å². The zero-order valence-electron chi connectivity index (χ0n) is 8.43. The molecule has 0 saturated carbocycles. The van der Waals surface area contributed by atoms with Gasteiger partial charge in [-0.05, 0) is 6.07 Å². The molecule has 7 nitrogen and oxygen atoms in total. The van der Waals surface area contributed by atoms with E-state index in [1.54, 1.807) is 6.07 Å². The maximum absolute atomic E-state index is 10.9. The number of hydrogen-bond acceptors (Lipinski definition) is 5. The molecule has 7 heteroatoms. The van der Waals surface area contributed by atoms with Gasteiger partial charge in [0.05, 0.1) is 12.6 Å². The number of nitrogens with zero attached hydrogens (tertiary/aromatic N) is 1. The summed E-state index contributed by atoms with van der Waals surface area (Å²) in [5.41, 5.74) is 0. The maximum atomic E-state index is 10.9. The summed E-state index contributed by atoms with van der Waals surface area (Å²) in [5.74, 6) is 0.242. The highest BCUT2D eigenvalue weighted by Crippen LogP contribution is 2.15. The Morgan fingerprint density at radius 2 is 2.44 bits per heavy atom. The largest absolute Gasteiger partial charge is 0.433 e. The summed E-state index contributed by atoms with van der Waals surface area (Å²) in [5, 5.41) is 16.1. The van der Waals surface area contributed by atoms with Crippen molar-refractivity contribution < 1.29 is 14.1 Å². The number of carbonyl (C=O) groups excluding carboxylic acids is 1. The van der Waals surface area contributed by atoms with Crippen LogP contribution in [0.4, 0.5) is 5.88 Å². The smallest absolute Gasteiger partial charge is 0.404 e. The van der Waals surface area contributed by atoms with Crippen molar-refractivity contribution in [3.05, 3.63) is 28.0 Å².